The molecule has 0 radical (unpaired) electrons. The third-order valence-electron chi connectivity index (χ3n) is 5.20. The number of aliphatic hydroxyl groups is 1. The second-order valence-electron chi connectivity index (χ2n) is 6.96. The van der Waals surface area contributed by atoms with Gasteiger partial charge in [-0.2, -0.15) is 0 Å². The van der Waals surface area contributed by atoms with Gasteiger partial charge in [-0.3, -0.25) is 9.69 Å². The van der Waals surface area contributed by atoms with E-state index in [4.69, 9.17) is 0 Å². The Labute approximate surface area is 154 Å². The lowest BCUT2D eigenvalue weighted by atomic mass is 9.71. The zero-order valence-corrected chi connectivity index (χ0v) is 14.8. The van der Waals surface area contributed by atoms with Gasteiger partial charge in [0.25, 0.3) is 0 Å². The summed E-state index contributed by atoms with van der Waals surface area (Å²) in [7, 11) is 0. The first kappa shape index (κ1) is 18.4. The molecule has 0 saturated carbocycles. The molecule has 0 unspecified atom stereocenters. The number of hydrogen-bond donors (Lipinski definition) is 2. The SMILES string of the molecule is O=C(O)[C@@]1(Cc2ccccc2)CCN(C/C=C/c2ccccc2)C[C@H]1O. The van der Waals surface area contributed by atoms with Crippen LogP contribution in [-0.4, -0.2) is 46.8 Å². The van der Waals surface area contributed by atoms with Gasteiger partial charge in [-0.15, -0.1) is 0 Å². The molecule has 1 saturated heterocycles. The number of carboxylic acid groups (broad SMARTS) is 1. The average Bonchev–Trinajstić information content (AvgIpc) is 2.65. The maximum Gasteiger partial charge on any atom is 0.312 e. The van der Waals surface area contributed by atoms with Crippen LogP contribution in [0.25, 0.3) is 6.08 Å². The summed E-state index contributed by atoms with van der Waals surface area (Å²) in [5.74, 6) is -0.909. The van der Waals surface area contributed by atoms with Gasteiger partial charge in [0.1, 0.15) is 5.41 Å². The Morgan fingerprint density at radius 3 is 2.38 bits per heavy atom. The summed E-state index contributed by atoms with van der Waals surface area (Å²) in [6.45, 7) is 1.74. The Kier molecular flexibility index (Phi) is 5.86. The van der Waals surface area contributed by atoms with Gasteiger partial charge in [0.05, 0.1) is 6.10 Å². The van der Waals surface area contributed by atoms with E-state index in [1.807, 2.05) is 60.7 Å². The molecule has 0 aromatic heterocycles. The molecule has 4 nitrogen and oxygen atoms in total. The van der Waals surface area contributed by atoms with Crippen LogP contribution < -0.4 is 0 Å². The van der Waals surface area contributed by atoms with Gasteiger partial charge >= 0.3 is 5.97 Å². The fraction of sp³-hybridized carbons (Fsp3) is 0.318. The summed E-state index contributed by atoms with van der Waals surface area (Å²) in [4.78, 5) is 14.1. The van der Waals surface area contributed by atoms with Gasteiger partial charge in [0.2, 0.25) is 0 Å². The molecule has 2 aromatic rings. The highest BCUT2D eigenvalue weighted by Gasteiger charge is 2.48. The van der Waals surface area contributed by atoms with Crippen LogP contribution in [0, 0.1) is 5.41 Å². The van der Waals surface area contributed by atoms with Crippen LogP contribution in [-0.2, 0) is 11.2 Å². The number of carboxylic acids is 1. The number of aliphatic carboxylic acids is 1. The molecule has 1 aliphatic rings. The fourth-order valence-corrected chi connectivity index (χ4v) is 3.59. The van der Waals surface area contributed by atoms with E-state index in [1.165, 1.54) is 0 Å². The summed E-state index contributed by atoms with van der Waals surface area (Å²) in [6, 6.07) is 19.6. The second-order valence-corrected chi connectivity index (χ2v) is 6.96. The van der Waals surface area contributed by atoms with E-state index >= 15 is 0 Å². The average molecular weight is 351 g/mol. The Bertz CT molecular complexity index is 744. The Balaban J connectivity index is 1.64. The van der Waals surface area contributed by atoms with Crippen LogP contribution in [0.5, 0.6) is 0 Å². The monoisotopic (exact) mass is 351 g/mol. The number of β-amino-alcohol motifs (C(OH)–C–C–N with tert-alkyl or cyclic N) is 1. The van der Waals surface area contributed by atoms with Gasteiger partial charge in [0.15, 0.2) is 0 Å². The summed E-state index contributed by atoms with van der Waals surface area (Å²) < 4.78 is 0. The Hall–Kier alpha value is -2.43. The molecule has 2 N–H and O–H groups in total. The largest absolute Gasteiger partial charge is 0.481 e. The van der Waals surface area contributed by atoms with E-state index in [-0.39, 0.29) is 0 Å². The minimum absolute atomic E-state index is 0.359. The van der Waals surface area contributed by atoms with Crippen molar-refractivity contribution in [1.29, 1.82) is 0 Å². The van der Waals surface area contributed by atoms with E-state index in [2.05, 4.69) is 17.1 Å². The van der Waals surface area contributed by atoms with E-state index < -0.39 is 17.5 Å². The first-order valence-electron chi connectivity index (χ1n) is 8.99. The molecule has 136 valence electrons. The number of likely N-dealkylation sites (tertiary alicyclic amines) is 1. The topological polar surface area (TPSA) is 60.8 Å². The lowest BCUT2D eigenvalue weighted by Crippen LogP contribution is -2.55. The first-order valence-corrected chi connectivity index (χ1v) is 8.99. The number of rotatable bonds is 6. The van der Waals surface area contributed by atoms with E-state index in [1.54, 1.807) is 0 Å². The second kappa shape index (κ2) is 8.30. The third-order valence-corrected chi connectivity index (χ3v) is 5.20. The zero-order valence-electron chi connectivity index (χ0n) is 14.8. The lowest BCUT2D eigenvalue weighted by Gasteiger charge is -2.42. The van der Waals surface area contributed by atoms with Crippen molar-refractivity contribution in [3.05, 3.63) is 77.9 Å². The van der Waals surface area contributed by atoms with Crippen molar-refractivity contribution in [3.63, 3.8) is 0 Å². The molecule has 0 amide bonds. The molecule has 1 heterocycles. The molecule has 1 aliphatic heterocycles. The standard InChI is InChI=1S/C22H25NO3/c24-20-17-23(14-7-12-18-8-3-1-4-9-18)15-13-22(20,21(25)26)16-19-10-5-2-6-11-19/h1-12,20,24H,13-17H2,(H,25,26)/b12-7+/t20-,22-/m1/s1. The van der Waals surface area contributed by atoms with E-state index in [0.717, 1.165) is 11.1 Å². The van der Waals surface area contributed by atoms with Crippen molar-refractivity contribution in [1.82, 2.24) is 4.90 Å². The number of piperidine rings is 1. The first-order chi connectivity index (χ1) is 12.6. The molecule has 1 fully saturated rings. The molecule has 2 aromatic carbocycles. The van der Waals surface area contributed by atoms with Crippen LogP contribution in [0.1, 0.15) is 17.5 Å². The number of aliphatic hydroxyl groups excluding tert-OH is 1. The van der Waals surface area contributed by atoms with Gasteiger partial charge in [-0.25, -0.2) is 0 Å². The number of nitrogens with zero attached hydrogens (tertiary/aromatic N) is 1. The highest BCUT2D eigenvalue weighted by molar-refractivity contribution is 5.76. The predicted octanol–water partition coefficient (Wildman–Crippen LogP) is 3.08. The van der Waals surface area contributed by atoms with Crippen LogP contribution in [0.4, 0.5) is 0 Å². The van der Waals surface area contributed by atoms with Crippen LogP contribution >= 0.6 is 0 Å². The Morgan fingerprint density at radius 2 is 1.77 bits per heavy atom. The third kappa shape index (κ3) is 4.21. The minimum Gasteiger partial charge on any atom is -0.481 e. The van der Waals surface area contributed by atoms with Crippen molar-refractivity contribution < 1.29 is 15.0 Å². The quantitative estimate of drug-likeness (QED) is 0.840. The molecule has 3 rings (SSSR count). The molecule has 4 heteroatoms. The molecular weight excluding hydrogens is 326 g/mol. The van der Waals surface area contributed by atoms with Gasteiger partial charge in [-0.1, -0.05) is 72.8 Å². The van der Waals surface area contributed by atoms with Crippen molar-refractivity contribution in [2.45, 2.75) is 18.9 Å². The molecule has 0 spiro atoms. The summed E-state index contributed by atoms with van der Waals surface area (Å²) >= 11 is 0. The minimum atomic E-state index is -1.11. The maximum atomic E-state index is 12.0. The van der Waals surface area contributed by atoms with Crippen LogP contribution in [0.3, 0.4) is 0 Å². The summed E-state index contributed by atoms with van der Waals surface area (Å²) in [6.07, 6.45) is 4.02. The van der Waals surface area contributed by atoms with Crippen molar-refractivity contribution in [2.24, 2.45) is 5.41 Å². The normalized spacial score (nSPS) is 24.0. The smallest absolute Gasteiger partial charge is 0.312 e. The highest BCUT2D eigenvalue weighted by Crippen LogP contribution is 2.36. The van der Waals surface area contributed by atoms with Crippen molar-refractivity contribution in [3.8, 4) is 0 Å². The van der Waals surface area contributed by atoms with Crippen LogP contribution in [0.2, 0.25) is 0 Å². The number of benzene rings is 2. The van der Waals surface area contributed by atoms with Gasteiger partial charge in [-0.05, 0) is 30.5 Å². The molecule has 0 aliphatic carbocycles. The van der Waals surface area contributed by atoms with Crippen molar-refractivity contribution >= 4 is 12.0 Å². The van der Waals surface area contributed by atoms with Crippen LogP contribution in [0.15, 0.2) is 66.7 Å². The molecule has 0 bridgehead atoms. The summed E-state index contributed by atoms with van der Waals surface area (Å²) in [5, 5.41) is 20.5. The highest BCUT2D eigenvalue weighted by atomic mass is 16.4. The molecular formula is C22H25NO3. The predicted molar refractivity (Wildman–Crippen MR) is 103 cm³/mol. The van der Waals surface area contributed by atoms with Crippen molar-refractivity contribution in [2.75, 3.05) is 19.6 Å². The maximum absolute atomic E-state index is 12.0. The van der Waals surface area contributed by atoms with Gasteiger partial charge in [0, 0.05) is 13.1 Å². The fourth-order valence-electron chi connectivity index (χ4n) is 3.59. The van der Waals surface area contributed by atoms with E-state index in [0.29, 0.717) is 32.5 Å². The molecule has 26 heavy (non-hydrogen) atoms. The number of carbonyl (C=O) groups is 1. The van der Waals surface area contributed by atoms with E-state index in [9.17, 15) is 15.0 Å². The Morgan fingerprint density at radius 1 is 1.12 bits per heavy atom. The molecule has 2 atom stereocenters. The summed E-state index contributed by atoms with van der Waals surface area (Å²) in [5.41, 5.74) is 0.974. The number of hydrogen-bond acceptors (Lipinski definition) is 3. The lowest BCUT2D eigenvalue weighted by molar-refractivity contribution is -0.162. The van der Waals surface area contributed by atoms with Gasteiger partial charge < -0.3 is 10.2 Å². The zero-order chi connectivity index (χ0) is 18.4.